The second-order valence-corrected chi connectivity index (χ2v) is 6.02. The number of likely N-dealkylation sites (tertiary alicyclic amines) is 1. The lowest BCUT2D eigenvalue weighted by Gasteiger charge is -2.37. The molecule has 0 bridgehead atoms. The third-order valence-electron chi connectivity index (χ3n) is 3.22. The molecule has 1 rings (SSSR count). The third kappa shape index (κ3) is 3.37. The van der Waals surface area contributed by atoms with Crippen LogP contribution >= 0.6 is 0 Å². The summed E-state index contributed by atoms with van der Waals surface area (Å²) in [6, 6.07) is 0. The zero-order valence-corrected chi connectivity index (χ0v) is 11.7. The van der Waals surface area contributed by atoms with Gasteiger partial charge in [0.25, 0.3) is 0 Å². The lowest BCUT2D eigenvalue weighted by atomic mass is 9.95. The van der Waals surface area contributed by atoms with Crippen LogP contribution in [0.4, 0.5) is 4.79 Å². The van der Waals surface area contributed by atoms with Gasteiger partial charge in [0.2, 0.25) is 0 Å². The predicted octanol–water partition coefficient (Wildman–Crippen LogP) is 2.64. The van der Waals surface area contributed by atoms with Crippen molar-refractivity contribution >= 4 is 12.1 Å². The Kier molecular flexibility index (Phi) is 4.24. The van der Waals surface area contributed by atoms with Gasteiger partial charge < -0.3 is 9.84 Å². The van der Waals surface area contributed by atoms with Gasteiger partial charge in [-0.2, -0.15) is 0 Å². The van der Waals surface area contributed by atoms with Crippen LogP contribution in [0.2, 0.25) is 0 Å². The first-order valence-electron chi connectivity index (χ1n) is 6.41. The van der Waals surface area contributed by atoms with E-state index in [4.69, 9.17) is 4.74 Å². The topological polar surface area (TPSA) is 66.8 Å². The van der Waals surface area contributed by atoms with E-state index in [1.165, 1.54) is 4.90 Å². The first-order valence-corrected chi connectivity index (χ1v) is 6.41. The Hall–Kier alpha value is -1.26. The number of amides is 1. The number of aliphatic carboxylic acids is 1. The average molecular weight is 257 g/mol. The highest BCUT2D eigenvalue weighted by Crippen LogP contribution is 2.29. The molecule has 1 N–H and O–H groups in total. The van der Waals surface area contributed by atoms with Crippen LogP contribution in [0, 0.1) is 0 Å². The Balaban J connectivity index is 2.93. The van der Waals surface area contributed by atoms with E-state index in [2.05, 4.69) is 0 Å². The quantitative estimate of drug-likeness (QED) is 0.784. The Labute approximate surface area is 108 Å². The molecule has 1 saturated heterocycles. The summed E-state index contributed by atoms with van der Waals surface area (Å²) in [5.74, 6) is -0.963. The minimum Gasteiger partial charge on any atom is -0.480 e. The van der Waals surface area contributed by atoms with Crippen LogP contribution in [0.5, 0.6) is 0 Å². The van der Waals surface area contributed by atoms with E-state index < -0.39 is 23.2 Å². The minimum atomic E-state index is -1.15. The van der Waals surface area contributed by atoms with Crippen LogP contribution in [0.15, 0.2) is 0 Å². The van der Waals surface area contributed by atoms with Gasteiger partial charge in [-0.3, -0.25) is 4.90 Å². The van der Waals surface area contributed by atoms with Crippen LogP contribution in [-0.4, -0.2) is 39.8 Å². The maximum absolute atomic E-state index is 12.1. The van der Waals surface area contributed by atoms with Crippen LogP contribution in [0.3, 0.4) is 0 Å². The van der Waals surface area contributed by atoms with Crippen molar-refractivity contribution in [1.29, 1.82) is 0 Å². The number of carbonyl (C=O) groups is 2. The fourth-order valence-corrected chi connectivity index (χ4v) is 2.13. The molecule has 1 aliphatic rings. The molecule has 0 aromatic rings. The van der Waals surface area contributed by atoms with Crippen molar-refractivity contribution in [2.75, 3.05) is 6.54 Å². The maximum Gasteiger partial charge on any atom is 0.411 e. The second kappa shape index (κ2) is 5.16. The molecule has 5 heteroatoms. The molecular weight excluding hydrogens is 234 g/mol. The summed E-state index contributed by atoms with van der Waals surface area (Å²) in [4.78, 5) is 25.0. The number of carboxylic acid groups (broad SMARTS) is 1. The Morgan fingerprint density at radius 1 is 1.22 bits per heavy atom. The van der Waals surface area contributed by atoms with Crippen molar-refractivity contribution in [3.05, 3.63) is 0 Å². The van der Waals surface area contributed by atoms with Crippen molar-refractivity contribution in [1.82, 2.24) is 4.90 Å². The van der Waals surface area contributed by atoms with Crippen molar-refractivity contribution in [3.8, 4) is 0 Å². The molecule has 0 spiro atoms. The van der Waals surface area contributed by atoms with Crippen LogP contribution < -0.4 is 0 Å². The summed E-state index contributed by atoms with van der Waals surface area (Å²) >= 11 is 0. The summed E-state index contributed by atoms with van der Waals surface area (Å²) in [7, 11) is 0. The molecule has 104 valence electrons. The summed E-state index contributed by atoms with van der Waals surface area (Å²) < 4.78 is 5.30. The number of carboxylic acids is 1. The highest BCUT2D eigenvalue weighted by Gasteiger charge is 2.44. The van der Waals surface area contributed by atoms with Crippen molar-refractivity contribution < 1.29 is 19.4 Å². The molecule has 0 aromatic carbocycles. The molecule has 5 nitrogen and oxygen atoms in total. The Bertz CT molecular complexity index is 334. The molecule has 1 amide bonds. The molecule has 1 fully saturated rings. The van der Waals surface area contributed by atoms with E-state index in [0.717, 1.165) is 19.3 Å². The average Bonchev–Trinajstić information content (AvgIpc) is 2.38. The standard InChI is InChI=1S/C13H23NO4/c1-12(2,3)18-11(17)14-9-7-5-6-8-13(14,4)10(15)16/h5-9H2,1-4H3,(H,15,16)/t13-/m0/s1. The normalized spacial score (nSPS) is 25.4. The largest absolute Gasteiger partial charge is 0.480 e. The van der Waals surface area contributed by atoms with Gasteiger partial charge in [-0.05, 0) is 40.5 Å². The highest BCUT2D eigenvalue weighted by molar-refractivity contribution is 5.84. The molecule has 0 unspecified atom stereocenters. The fourth-order valence-electron chi connectivity index (χ4n) is 2.13. The fraction of sp³-hybridized carbons (Fsp3) is 0.846. The molecule has 0 aliphatic carbocycles. The zero-order chi connectivity index (χ0) is 14.0. The van der Waals surface area contributed by atoms with Crippen molar-refractivity contribution in [2.24, 2.45) is 0 Å². The molecule has 1 atom stereocenters. The van der Waals surface area contributed by atoms with Gasteiger partial charge in [0.15, 0.2) is 0 Å². The Morgan fingerprint density at radius 2 is 1.83 bits per heavy atom. The number of rotatable bonds is 1. The minimum absolute atomic E-state index is 0.442. The zero-order valence-electron chi connectivity index (χ0n) is 11.7. The van der Waals surface area contributed by atoms with Gasteiger partial charge in [-0.25, -0.2) is 9.59 Å². The number of carbonyl (C=O) groups excluding carboxylic acids is 1. The van der Waals surface area contributed by atoms with Crippen LogP contribution in [0.25, 0.3) is 0 Å². The number of ether oxygens (including phenoxy) is 1. The number of nitrogens with zero attached hydrogens (tertiary/aromatic N) is 1. The van der Waals surface area contributed by atoms with E-state index in [-0.39, 0.29) is 0 Å². The van der Waals surface area contributed by atoms with Crippen LogP contribution in [-0.2, 0) is 9.53 Å². The maximum atomic E-state index is 12.1. The van der Waals surface area contributed by atoms with Gasteiger partial charge >= 0.3 is 12.1 Å². The lowest BCUT2D eigenvalue weighted by Crippen LogP contribution is -2.55. The lowest BCUT2D eigenvalue weighted by molar-refractivity contribution is -0.150. The SMILES string of the molecule is CC(C)(C)OC(=O)N1CCCCC[C@@]1(C)C(=O)O. The monoisotopic (exact) mass is 257 g/mol. The second-order valence-electron chi connectivity index (χ2n) is 6.02. The van der Waals surface area contributed by atoms with Crippen LogP contribution in [0.1, 0.15) is 53.4 Å². The summed E-state index contributed by atoms with van der Waals surface area (Å²) in [5.41, 5.74) is -1.76. The van der Waals surface area contributed by atoms with Gasteiger partial charge in [-0.15, -0.1) is 0 Å². The molecule has 0 radical (unpaired) electrons. The van der Waals surface area contributed by atoms with E-state index in [9.17, 15) is 14.7 Å². The van der Waals surface area contributed by atoms with Crippen molar-refractivity contribution in [3.63, 3.8) is 0 Å². The van der Waals surface area contributed by atoms with E-state index in [1.807, 2.05) is 0 Å². The summed E-state index contributed by atoms with van der Waals surface area (Å²) in [6.07, 6.45) is 2.53. The smallest absolute Gasteiger partial charge is 0.411 e. The first-order chi connectivity index (χ1) is 8.17. The molecule has 1 heterocycles. The first kappa shape index (κ1) is 14.8. The van der Waals surface area contributed by atoms with E-state index in [0.29, 0.717) is 13.0 Å². The Morgan fingerprint density at radius 3 is 2.33 bits per heavy atom. The third-order valence-corrected chi connectivity index (χ3v) is 3.22. The summed E-state index contributed by atoms with van der Waals surface area (Å²) in [5, 5.41) is 9.39. The van der Waals surface area contributed by atoms with Gasteiger partial charge in [0.05, 0.1) is 0 Å². The number of hydrogen-bond acceptors (Lipinski definition) is 3. The van der Waals surface area contributed by atoms with Gasteiger partial charge in [0.1, 0.15) is 11.1 Å². The molecule has 1 aliphatic heterocycles. The van der Waals surface area contributed by atoms with Gasteiger partial charge in [0, 0.05) is 6.54 Å². The molecule has 18 heavy (non-hydrogen) atoms. The van der Waals surface area contributed by atoms with Gasteiger partial charge in [-0.1, -0.05) is 12.8 Å². The molecule has 0 saturated carbocycles. The van der Waals surface area contributed by atoms with E-state index >= 15 is 0 Å². The highest BCUT2D eigenvalue weighted by atomic mass is 16.6. The number of hydrogen-bond donors (Lipinski definition) is 1. The van der Waals surface area contributed by atoms with E-state index in [1.54, 1.807) is 27.7 Å². The van der Waals surface area contributed by atoms with Crippen molar-refractivity contribution in [2.45, 2.75) is 64.5 Å². The molecule has 0 aromatic heterocycles. The predicted molar refractivity (Wildman–Crippen MR) is 67.4 cm³/mol. The summed E-state index contributed by atoms with van der Waals surface area (Å²) in [6.45, 7) is 7.38. The molecular formula is C13H23NO4.